The number of thiazole rings is 1. The van der Waals surface area contributed by atoms with Crippen molar-refractivity contribution in [1.29, 1.82) is 0 Å². The maximum atomic E-state index is 4.65. The monoisotopic (exact) mass is 524 g/mol. The van der Waals surface area contributed by atoms with Crippen LogP contribution >= 0.6 is 35.3 Å². The van der Waals surface area contributed by atoms with Crippen LogP contribution in [-0.4, -0.2) is 27.5 Å². The highest BCUT2D eigenvalue weighted by Crippen LogP contribution is 2.17. The molecule has 2 N–H and O–H groups in total. The van der Waals surface area contributed by atoms with Gasteiger partial charge in [-0.3, -0.25) is 4.99 Å². The number of hydrogen-bond donors (Lipinski definition) is 2. The zero-order chi connectivity index (χ0) is 19.8. The summed E-state index contributed by atoms with van der Waals surface area (Å²) < 4.78 is 2.18. The quantitative estimate of drug-likeness (QED) is 0.264. The van der Waals surface area contributed by atoms with Gasteiger partial charge >= 0.3 is 0 Å². The van der Waals surface area contributed by atoms with Gasteiger partial charge in [0.05, 0.1) is 18.8 Å². The summed E-state index contributed by atoms with van der Waals surface area (Å²) >= 11 is 1.68. The van der Waals surface area contributed by atoms with Crippen LogP contribution in [0.2, 0.25) is 0 Å². The van der Waals surface area contributed by atoms with Gasteiger partial charge in [0.2, 0.25) is 0 Å². The topological polar surface area (TPSA) is 67.1 Å². The Morgan fingerprint density at radius 1 is 1.17 bits per heavy atom. The van der Waals surface area contributed by atoms with E-state index in [0.717, 1.165) is 35.5 Å². The van der Waals surface area contributed by atoms with E-state index in [1.54, 1.807) is 18.4 Å². The van der Waals surface area contributed by atoms with Gasteiger partial charge in [0.1, 0.15) is 10.8 Å². The van der Waals surface area contributed by atoms with Crippen LogP contribution in [0.5, 0.6) is 0 Å². The van der Waals surface area contributed by atoms with Crippen molar-refractivity contribution in [3.63, 3.8) is 0 Å². The second-order valence-corrected chi connectivity index (χ2v) is 7.82. The zero-order valence-electron chi connectivity index (χ0n) is 17.1. The van der Waals surface area contributed by atoms with Gasteiger partial charge in [-0.1, -0.05) is 44.2 Å². The minimum absolute atomic E-state index is 0. The average Bonchev–Trinajstić information content (AvgIpc) is 3.37. The van der Waals surface area contributed by atoms with Crippen LogP contribution in [-0.2, 0) is 26.1 Å². The lowest BCUT2D eigenvalue weighted by Crippen LogP contribution is -2.37. The first-order valence-electron chi connectivity index (χ1n) is 9.58. The molecule has 0 aliphatic heterocycles. The number of halogens is 1. The highest BCUT2D eigenvalue weighted by Gasteiger charge is 2.08. The lowest BCUT2D eigenvalue weighted by molar-refractivity contribution is 0.634. The normalized spacial score (nSPS) is 11.4. The molecule has 1 aromatic carbocycles. The Labute approximate surface area is 193 Å². The molecule has 0 aliphatic rings. The van der Waals surface area contributed by atoms with Crippen molar-refractivity contribution >= 4 is 41.3 Å². The summed E-state index contributed by atoms with van der Waals surface area (Å²) in [5, 5.41) is 9.86. The molecule has 0 fully saturated rings. The van der Waals surface area contributed by atoms with E-state index in [4.69, 9.17) is 0 Å². The highest BCUT2D eigenvalue weighted by molar-refractivity contribution is 14.0. The summed E-state index contributed by atoms with van der Waals surface area (Å²) in [4.78, 5) is 13.4. The molecule has 8 heteroatoms. The van der Waals surface area contributed by atoms with Crippen molar-refractivity contribution < 1.29 is 0 Å². The second-order valence-electron chi connectivity index (χ2n) is 6.87. The van der Waals surface area contributed by atoms with Crippen molar-refractivity contribution in [1.82, 2.24) is 25.2 Å². The predicted molar refractivity (Wildman–Crippen MR) is 131 cm³/mol. The van der Waals surface area contributed by atoms with Crippen LogP contribution in [0.25, 0.3) is 0 Å². The summed E-state index contributed by atoms with van der Waals surface area (Å²) in [7, 11) is 1.78. The maximum Gasteiger partial charge on any atom is 0.191 e. The van der Waals surface area contributed by atoms with E-state index in [-0.39, 0.29) is 24.0 Å². The molecule has 0 atom stereocenters. The first-order chi connectivity index (χ1) is 13.7. The van der Waals surface area contributed by atoms with E-state index >= 15 is 0 Å². The predicted octanol–water partition coefficient (Wildman–Crippen LogP) is 4.19. The van der Waals surface area contributed by atoms with Gasteiger partial charge in [0.15, 0.2) is 5.96 Å². The number of aryl methyl sites for hydroxylation is 2. The summed E-state index contributed by atoms with van der Waals surface area (Å²) in [6, 6.07) is 10.5. The third-order valence-electron chi connectivity index (χ3n) is 4.49. The Bertz CT molecular complexity index is 887. The fourth-order valence-corrected chi connectivity index (χ4v) is 3.71. The van der Waals surface area contributed by atoms with Crippen molar-refractivity contribution in [3.05, 3.63) is 70.2 Å². The molecule has 3 aromatic rings. The highest BCUT2D eigenvalue weighted by atomic mass is 127. The van der Waals surface area contributed by atoms with Crippen LogP contribution in [0.15, 0.2) is 53.1 Å². The van der Waals surface area contributed by atoms with Crippen molar-refractivity contribution in [2.75, 3.05) is 7.05 Å². The molecular weight excluding hydrogens is 495 g/mol. The van der Waals surface area contributed by atoms with Crippen LogP contribution < -0.4 is 10.6 Å². The van der Waals surface area contributed by atoms with E-state index in [2.05, 4.69) is 73.7 Å². The van der Waals surface area contributed by atoms with Gasteiger partial charge in [-0.2, -0.15) is 0 Å². The molecule has 2 heterocycles. The van der Waals surface area contributed by atoms with Gasteiger partial charge in [0, 0.05) is 31.4 Å². The van der Waals surface area contributed by atoms with Crippen LogP contribution in [0.4, 0.5) is 0 Å². The first-order valence-corrected chi connectivity index (χ1v) is 10.5. The number of nitrogens with zero attached hydrogens (tertiary/aromatic N) is 4. The summed E-state index contributed by atoms with van der Waals surface area (Å²) in [6.45, 7) is 6.51. The minimum atomic E-state index is 0. The molecule has 0 aliphatic carbocycles. The molecule has 0 bridgehead atoms. The van der Waals surface area contributed by atoms with Crippen molar-refractivity contribution in [3.8, 4) is 0 Å². The Hall–Kier alpha value is -1.94. The van der Waals surface area contributed by atoms with E-state index < -0.39 is 0 Å². The summed E-state index contributed by atoms with van der Waals surface area (Å²) in [6.07, 6.45) is 4.86. The number of rotatable bonds is 8. The first kappa shape index (κ1) is 23.3. The lowest BCUT2D eigenvalue weighted by atomic mass is 10.1. The fraction of sp³-hybridized carbons (Fsp3) is 0.381. The molecule has 6 nitrogen and oxygen atoms in total. The molecule has 0 radical (unpaired) electrons. The SMILES string of the molecule is CN=C(NCc1nc(C(C)C)cs1)NCc1nccn1CCc1ccccc1.I. The van der Waals surface area contributed by atoms with E-state index in [1.165, 1.54) is 5.56 Å². The Morgan fingerprint density at radius 3 is 2.62 bits per heavy atom. The smallest absolute Gasteiger partial charge is 0.191 e. The van der Waals surface area contributed by atoms with E-state index in [9.17, 15) is 0 Å². The summed E-state index contributed by atoms with van der Waals surface area (Å²) in [5.74, 6) is 2.20. The van der Waals surface area contributed by atoms with Gasteiger partial charge in [0.25, 0.3) is 0 Å². The Kier molecular flexibility index (Phi) is 9.59. The lowest BCUT2D eigenvalue weighted by Gasteiger charge is -2.12. The molecule has 3 rings (SSSR count). The Morgan fingerprint density at radius 2 is 1.93 bits per heavy atom. The minimum Gasteiger partial charge on any atom is -0.350 e. The van der Waals surface area contributed by atoms with Gasteiger partial charge in [-0.25, -0.2) is 9.97 Å². The standard InChI is InChI=1S/C21H28N6S.HI/c1-16(2)18-15-28-20(26-18)14-25-21(22-3)24-13-19-23-10-12-27(19)11-9-17-7-5-4-6-8-17;/h4-8,10,12,15-16H,9,11,13-14H2,1-3H3,(H2,22,24,25);1H. The number of aliphatic imine (C=N–C) groups is 1. The van der Waals surface area contributed by atoms with Crippen molar-refractivity contribution in [2.24, 2.45) is 4.99 Å². The number of aromatic nitrogens is 3. The Balaban J connectivity index is 0.00000300. The molecule has 0 amide bonds. The number of hydrogen-bond acceptors (Lipinski definition) is 4. The maximum absolute atomic E-state index is 4.65. The number of imidazole rings is 1. The summed E-state index contributed by atoms with van der Waals surface area (Å²) in [5.41, 5.74) is 2.47. The van der Waals surface area contributed by atoms with Crippen molar-refractivity contribution in [2.45, 2.75) is 45.8 Å². The third-order valence-corrected chi connectivity index (χ3v) is 5.36. The average molecular weight is 524 g/mol. The molecule has 0 spiro atoms. The largest absolute Gasteiger partial charge is 0.350 e. The molecule has 0 unspecified atom stereocenters. The molecule has 156 valence electrons. The van der Waals surface area contributed by atoms with E-state index in [1.807, 2.05) is 18.5 Å². The molecule has 29 heavy (non-hydrogen) atoms. The fourth-order valence-electron chi connectivity index (χ4n) is 2.82. The molecular formula is C21H29IN6S. The van der Waals surface area contributed by atoms with Crippen LogP contribution in [0.3, 0.4) is 0 Å². The van der Waals surface area contributed by atoms with Gasteiger partial charge in [-0.05, 0) is 17.9 Å². The van der Waals surface area contributed by atoms with Gasteiger partial charge < -0.3 is 15.2 Å². The number of benzene rings is 1. The number of guanidine groups is 1. The second kappa shape index (κ2) is 11.9. The van der Waals surface area contributed by atoms with Crippen LogP contribution in [0, 0.1) is 0 Å². The third kappa shape index (κ3) is 7.11. The molecule has 2 aromatic heterocycles. The van der Waals surface area contributed by atoms with Gasteiger partial charge in [-0.15, -0.1) is 35.3 Å². The molecule has 0 saturated carbocycles. The van der Waals surface area contributed by atoms with Crippen LogP contribution in [0.1, 0.15) is 41.9 Å². The number of nitrogens with one attached hydrogen (secondary N) is 2. The zero-order valence-corrected chi connectivity index (χ0v) is 20.3. The molecule has 0 saturated heterocycles. The van der Waals surface area contributed by atoms with E-state index in [0.29, 0.717) is 19.0 Å².